The second-order valence-electron chi connectivity index (χ2n) is 6.68. The fraction of sp³-hybridized carbons (Fsp3) is 0.429. The summed E-state index contributed by atoms with van der Waals surface area (Å²) in [6, 6.07) is 15.1. The molecule has 25 heavy (non-hydrogen) atoms. The largest absolute Gasteiger partial charge is 0.494 e. The van der Waals surface area contributed by atoms with Crippen molar-refractivity contribution in [1.82, 2.24) is 5.32 Å². The molecule has 1 fully saturated rings. The third-order valence-corrected chi connectivity index (χ3v) is 4.78. The van der Waals surface area contributed by atoms with Crippen LogP contribution in [0.3, 0.4) is 0 Å². The zero-order valence-corrected chi connectivity index (χ0v) is 14.7. The summed E-state index contributed by atoms with van der Waals surface area (Å²) in [7, 11) is 0. The van der Waals surface area contributed by atoms with Crippen molar-refractivity contribution in [3.8, 4) is 17.2 Å². The molecule has 1 atom stereocenters. The van der Waals surface area contributed by atoms with Gasteiger partial charge >= 0.3 is 0 Å². The zero-order chi connectivity index (χ0) is 17.1. The number of nitrogens with one attached hydrogen (secondary N) is 1. The van der Waals surface area contributed by atoms with Gasteiger partial charge in [0.15, 0.2) is 11.5 Å². The topological polar surface area (TPSA) is 39.7 Å². The molecule has 1 heterocycles. The molecule has 2 aromatic rings. The van der Waals surface area contributed by atoms with Crippen LogP contribution < -0.4 is 19.5 Å². The summed E-state index contributed by atoms with van der Waals surface area (Å²) in [5.74, 6) is 3.37. The molecule has 1 aliphatic heterocycles. The number of benzene rings is 2. The summed E-state index contributed by atoms with van der Waals surface area (Å²) in [5.41, 5.74) is 2.56. The highest BCUT2D eigenvalue weighted by atomic mass is 16.6. The Morgan fingerprint density at radius 2 is 1.80 bits per heavy atom. The van der Waals surface area contributed by atoms with Crippen LogP contribution in [0, 0.1) is 5.92 Å². The van der Waals surface area contributed by atoms with Crippen molar-refractivity contribution in [2.24, 2.45) is 5.92 Å². The fourth-order valence-electron chi connectivity index (χ4n) is 3.34. The minimum Gasteiger partial charge on any atom is -0.494 e. The molecule has 4 rings (SSSR count). The van der Waals surface area contributed by atoms with Gasteiger partial charge in [0.2, 0.25) is 0 Å². The SMILES string of the molecule is CCOc1ccc(CNC(c2ccc3c(c2)OCCO3)C2CC2)cc1. The average molecular weight is 339 g/mol. The second-order valence-corrected chi connectivity index (χ2v) is 6.68. The Bertz CT molecular complexity index is 710. The highest BCUT2D eigenvalue weighted by molar-refractivity contribution is 5.45. The highest BCUT2D eigenvalue weighted by Crippen LogP contribution is 2.43. The lowest BCUT2D eigenvalue weighted by molar-refractivity contribution is 0.171. The van der Waals surface area contributed by atoms with Crippen LogP contribution in [-0.4, -0.2) is 19.8 Å². The molecule has 2 aromatic carbocycles. The van der Waals surface area contributed by atoms with E-state index in [-0.39, 0.29) is 0 Å². The number of ether oxygens (including phenoxy) is 3. The third-order valence-electron chi connectivity index (χ3n) is 4.78. The molecule has 1 unspecified atom stereocenters. The van der Waals surface area contributed by atoms with E-state index in [9.17, 15) is 0 Å². The Morgan fingerprint density at radius 3 is 2.52 bits per heavy atom. The van der Waals surface area contributed by atoms with E-state index in [1.807, 2.05) is 25.1 Å². The van der Waals surface area contributed by atoms with Gasteiger partial charge in [0, 0.05) is 12.6 Å². The molecule has 0 saturated heterocycles. The number of rotatable bonds is 7. The van der Waals surface area contributed by atoms with Crippen LogP contribution in [0.1, 0.15) is 36.9 Å². The molecule has 1 N–H and O–H groups in total. The maximum atomic E-state index is 5.75. The van der Waals surface area contributed by atoms with E-state index < -0.39 is 0 Å². The van der Waals surface area contributed by atoms with Gasteiger partial charge in [-0.05, 0) is 61.1 Å². The van der Waals surface area contributed by atoms with Gasteiger partial charge in [0.25, 0.3) is 0 Å². The number of hydrogen-bond donors (Lipinski definition) is 1. The first kappa shape index (κ1) is 16.3. The van der Waals surface area contributed by atoms with Crippen LogP contribution in [0.5, 0.6) is 17.2 Å². The number of fused-ring (bicyclic) bond motifs is 1. The predicted octanol–water partition coefficient (Wildman–Crippen LogP) is 4.10. The normalized spacial score (nSPS) is 17.2. The van der Waals surface area contributed by atoms with Gasteiger partial charge in [-0.1, -0.05) is 18.2 Å². The summed E-state index contributed by atoms with van der Waals surface area (Å²) in [6.45, 7) is 4.81. The van der Waals surface area contributed by atoms with Crippen molar-refractivity contribution in [3.63, 3.8) is 0 Å². The minimum atomic E-state index is 0.363. The first-order chi connectivity index (χ1) is 12.3. The van der Waals surface area contributed by atoms with E-state index in [0.29, 0.717) is 31.8 Å². The van der Waals surface area contributed by atoms with E-state index in [0.717, 1.165) is 23.8 Å². The maximum absolute atomic E-state index is 5.75. The summed E-state index contributed by atoms with van der Waals surface area (Å²) < 4.78 is 16.9. The van der Waals surface area contributed by atoms with Crippen molar-refractivity contribution in [3.05, 3.63) is 53.6 Å². The molecule has 2 aliphatic rings. The summed E-state index contributed by atoms with van der Waals surface area (Å²) in [5, 5.41) is 3.74. The molecular formula is C21H25NO3. The van der Waals surface area contributed by atoms with E-state index in [1.54, 1.807) is 0 Å². The van der Waals surface area contributed by atoms with Gasteiger partial charge in [-0.15, -0.1) is 0 Å². The molecular weight excluding hydrogens is 314 g/mol. The highest BCUT2D eigenvalue weighted by Gasteiger charge is 2.32. The van der Waals surface area contributed by atoms with Crippen molar-refractivity contribution in [2.45, 2.75) is 32.4 Å². The van der Waals surface area contributed by atoms with Crippen LogP contribution in [0.25, 0.3) is 0 Å². The summed E-state index contributed by atoms with van der Waals surface area (Å²) in [6.07, 6.45) is 2.57. The Kier molecular flexibility index (Phi) is 4.79. The first-order valence-corrected chi connectivity index (χ1v) is 9.18. The molecule has 0 spiro atoms. The standard InChI is InChI=1S/C21H25NO3/c1-2-23-18-8-3-15(4-9-18)14-22-21(16-5-6-16)17-7-10-19-20(13-17)25-12-11-24-19/h3-4,7-10,13,16,21-22H,2,5-6,11-12,14H2,1H3. The quantitative estimate of drug-likeness (QED) is 0.824. The minimum absolute atomic E-state index is 0.363. The molecule has 0 amide bonds. The molecule has 0 aromatic heterocycles. The van der Waals surface area contributed by atoms with Gasteiger partial charge in [-0.25, -0.2) is 0 Å². The van der Waals surface area contributed by atoms with Crippen LogP contribution in [0.2, 0.25) is 0 Å². The number of hydrogen-bond acceptors (Lipinski definition) is 4. The molecule has 1 aliphatic carbocycles. The van der Waals surface area contributed by atoms with Gasteiger partial charge in [0.05, 0.1) is 6.61 Å². The maximum Gasteiger partial charge on any atom is 0.161 e. The Labute approximate surface area is 149 Å². The zero-order valence-electron chi connectivity index (χ0n) is 14.7. The van der Waals surface area contributed by atoms with Gasteiger partial charge in [0.1, 0.15) is 19.0 Å². The lowest BCUT2D eigenvalue weighted by Gasteiger charge is -2.23. The lowest BCUT2D eigenvalue weighted by atomic mass is 10.0. The monoisotopic (exact) mass is 339 g/mol. The van der Waals surface area contributed by atoms with Gasteiger partial charge < -0.3 is 19.5 Å². The van der Waals surface area contributed by atoms with Crippen LogP contribution in [-0.2, 0) is 6.54 Å². The molecule has 0 radical (unpaired) electrons. The molecule has 4 nitrogen and oxygen atoms in total. The van der Waals surface area contributed by atoms with Crippen LogP contribution >= 0.6 is 0 Å². The van der Waals surface area contributed by atoms with E-state index in [1.165, 1.54) is 24.0 Å². The smallest absolute Gasteiger partial charge is 0.161 e. The Balaban J connectivity index is 1.45. The summed E-state index contributed by atoms with van der Waals surface area (Å²) >= 11 is 0. The molecule has 4 heteroatoms. The van der Waals surface area contributed by atoms with E-state index in [4.69, 9.17) is 14.2 Å². The Hall–Kier alpha value is -2.20. The van der Waals surface area contributed by atoms with Crippen molar-refractivity contribution in [2.75, 3.05) is 19.8 Å². The van der Waals surface area contributed by atoms with E-state index >= 15 is 0 Å². The molecule has 0 bridgehead atoms. The molecule has 132 valence electrons. The van der Waals surface area contributed by atoms with Gasteiger partial charge in [-0.3, -0.25) is 0 Å². The van der Waals surface area contributed by atoms with Crippen molar-refractivity contribution < 1.29 is 14.2 Å². The van der Waals surface area contributed by atoms with Crippen molar-refractivity contribution >= 4 is 0 Å². The molecule has 1 saturated carbocycles. The van der Waals surface area contributed by atoms with E-state index in [2.05, 4.69) is 29.6 Å². The Morgan fingerprint density at radius 1 is 1.04 bits per heavy atom. The van der Waals surface area contributed by atoms with Crippen LogP contribution in [0.15, 0.2) is 42.5 Å². The average Bonchev–Trinajstić information content (AvgIpc) is 3.48. The fourth-order valence-corrected chi connectivity index (χ4v) is 3.34. The van der Waals surface area contributed by atoms with Crippen LogP contribution in [0.4, 0.5) is 0 Å². The van der Waals surface area contributed by atoms with Crippen molar-refractivity contribution in [1.29, 1.82) is 0 Å². The lowest BCUT2D eigenvalue weighted by Crippen LogP contribution is -2.23. The second kappa shape index (κ2) is 7.36. The summed E-state index contributed by atoms with van der Waals surface area (Å²) in [4.78, 5) is 0. The van der Waals surface area contributed by atoms with Gasteiger partial charge in [-0.2, -0.15) is 0 Å². The first-order valence-electron chi connectivity index (χ1n) is 9.18. The third kappa shape index (κ3) is 3.90. The predicted molar refractivity (Wildman–Crippen MR) is 97.3 cm³/mol.